The van der Waals surface area contributed by atoms with Gasteiger partial charge in [-0.3, -0.25) is 0 Å². The van der Waals surface area contributed by atoms with E-state index in [0.29, 0.717) is 39.5 Å². The Bertz CT molecular complexity index is 774. The highest BCUT2D eigenvalue weighted by atomic mass is 16.5. The number of anilines is 2. The first-order valence-electron chi connectivity index (χ1n) is 10.6. The van der Waals surface area contributed by atoms with E-state index >= 15 is 0 Å². The van der Waals surface area contributed by atoms with Crippen LogP contribution in [-0.4, -0.2) is 67.2 Å². The zero-order valence-corrected chi connectivity index (χ0v) is 17.9. The van der Waals surface area contributed by atoms with E-state index in [0.717, 1.165) is 42.3 Å². The molecule has 1 unspecified atom stereocenters. The second kappa shape index (κ2) is 11.1. The number of aliphatic hydroxyl groups is 1. The van der Waals surface area contributed by atoms with Gasteiger partial charge in [0, 0.05) is 45.9 Å². The van der Waals surface area contributed by atoms with Crippen LogP contribution < -0.4 is 20.3 Å². The Morgan fingerprint density at radius 3 is 2.80 bits per heavy atom. The van der Waals surface area contributed by atoms with E-state index in [4.69, 9.17) is 9.47 Å². The van der Waals surface area contributed by atoms with Crippen LogP contribution in [0.5, 0.6) is 5.75 Å². The highest BCUT2D eigenvalue weighted by molar-refractivity contribution is 5.48. The zero-order chi connectivity index (χ0) is 21.2. The average molecular weight is 416 g/mol. The summed E-state index contributed by atoms with van der Waals surface area (Å²) in [6, 6.07) is 9.93. The molecule has 3 rings (SSSR count). The van der Waals surface area contributed by atoms with Gasteiger partial charge in [-0.25, -0.2) is 9.97 Å². The molecule has 1 aliphatic rings. The Morgan fingerprint density at radius 1 is 1.20 bits per heavy atom. The van der Waals surface area contributed by atoms with Crippen LogP contribution in [0.3, 0.4) is 0 Å². The molecular formula is C22H33N5O3. The first-order chi connectivity index (χ1) is 14.6. The third-order valence-electron chi connectivity index (χ3n) is 5.20. The van der Waals surface area contributed by atoms with Gasteiger partial charge in [0.25, 0.3) is 0 Å². The van der Waals surface area contributed by atoms with Crippen molar-refractivity contribution in [1.29, 1.82) is 0 Å². The molecule has 1 aromatic carbocycles. The van der Waals surface area contributed by atoms with Gasteiger partial charge in [0.05, 0.1) is 12.2 Å². The maximum absolute atomic E-state index is 11.1. The van der Waals surface area contributed by atoms with Gasteiger partial charge < -0.3 is 30.1 Å². The summed E-state index contributed by atoms with van der Waals surface area (Å²) in [6.45, 7) is 6.48. The fourth-order valence-corrected chi connectivity index (χ4v) is 3.61. The molecule has 0 aliphatic carbocycles. The van der Waals surface area contributed by atoms with Gasteiger partial charge in [0.1, 0.15) is 30.3 Å². The first-order valence-corrected chi connectivity index (χ1v) is 10.6. The molecule has 30 heavy (non-hydrogen) atoms. The standard InChI is InChI=1S/C22H33N5O3/c1-3-29-11-12-30-19-7-5-18(6-8-19)14-24-15-22(28)9-4-10-27(16-22)21-13-20(23-2)25-17-26-21/h5-8,13,17,24,28H,3-4,9-12,14-16H2,1-2H3,(H,23,25,26). The summed E-state index contributed by atoms with van der Waals surface area (Å²) >= 11 is 0. The molecule has 0 spiro atoms. The molecule has 0 bridgehead atoms. The summed E-state index contributed by atoms with van der Waals surface area (Å²) < 4.78 is 10.9. The average Bonchev–Trinajstić information content (AvgIpc) is 2.78. The van der Waals surface area contributed by atoms with Crippen molar-refractivity contribution in [2.45, 2.75) is 31.9 Å². The lowest BCUT2D eigenvalue weighted by molar-refractivity contribution is 0.0259. The van der Waals surface area contributed by atoms with Gasteiger partial charge in [0.2, 0.25) is 0 Å². The van der Waals surface area contributed by atoms with Gasteiger partial charge in [-0.05, 0) is 37.5 Å². The Morgan fingerprint density at radius 2 is 2.03 bits per heavy atom. The lowest BCUT2D eigenvalue weighted by atomic mass is 9.92. The molecule has 1 fully saturated rings. The number of aromatic nitrogens is 2. The lowest BCUT2D eigenvalue weighted by Gasteiger charge is -2.40. The summed E-state index contributed by atoms with van der Waals surface area (Å²) in [4.78, 5) is 10.7. The Balaban J connectivity index is 1.46. The van der Waals surface area contributed by atoms with Crippen LogP contribution in [-0.2, 0) is 11.3 Å². The van der Waals surface area contributed by atoms with Crippen LogP contribution in [0.15, 0.2) is 36.7 Å². The Kier molecular flexibility index (Phi) is 8.24. The monoisotopic (exact) mass is 415 g/mol. The minimum Gasteiger partial charge on any atom is -0.491 e. The normalized spacial score (nSPS) is 19.0. The molecule has 3 N–H and O–H groups in total. The molecule has 1 saturated heterocycles. The Labute approximate surface area is 178 Å². The molecule has 0 saturated carbocycles. The second-order valence-electron chi connectivity index (χ2n) is 7.55. The number of β-amino-alcohol motifs (C(OH)–C–C–N with tert-alkyl or cyclic N) is 1. The highest BCUT2D eigenvalue weighted by Gasteiger charge is 2.33. The summed E-state index contributed by atoms with van der Waals surface area (Å²) in [5.41, 5.74) is 0.364. The molecule has 2 heterocycles. The van der Waals surface area contributed by atoms with Crippen molar-refractivity contribution in [3.8, 4) is 5.75 Å². The molecule has 1 aliphatic heterocycles. The van der Waals surface area contributed by atoms with E-state index in [-0.39, 0.29) is 0 Å². The van der Waals surface area contributed by atoms with Gasteiger partial charge in [-0.1, -0.05) is 12.1 Å². The number of piperidine rings is 1. The van der Waals surface area contributed by atoms with Crippen molar-refractivity contribution in [2.75, 3.05) is 56.7 Å². The van der Waals surface area contributed by atoms with E-state index in [1.807, 2.05) is 44.3 Å². The molecular weight excluding hydrogens is 382 g/mol. The SMILES string of the molecule is CCOCCOc1ccc(CNCC2(O)CCCN(c3cc(NC)ncn3)C2)cc1. The van der Waals surface area contributed by atoms with Crippen LogP contribution in [0, 0.1) is 0 Å². The topological polar surface area (TPSA) is 91.8 Å². The number of hydrogen-bond acceptors (Lipinski definition) is 8. The molecule has 8 nitrogen and oxygen atoms in total. The fourth-order valence-electron chi connectivity index (χ4n) is 3.61. The van der Waals surface area contributed by atoms with Gasteiger partial charge in [-0.15, -0.1) is 0 Å². The van der Waals surface area contributed by atoms with Crippen molar-refractivity contribution in [2.24, 2.45) is 0 Å². The number of nitrogens with zero attached hydrogens (tertiary/aromatic N) is 3. The summed E-state index contributed by atoms with van der Waals surface area (Å²) in [6.07, 6.45) is 3.25. The number of ether oxygens (including phenoxy) is 2. The third kappa shape index (κ3) is 6.55. The third-order valence-corrected chi connectivity index (χ3v) is 5.20. The highest BCUT2D eigenvalue weighted by Crippen LogP contribution is 2.25. The van der Waals surface area contributed by atoms with E-state index < -0.39 is 5.60 Å². The number of rotatable bonds is 11. The smallest absolute Gasteiger partial charge is 0.134 e. The molecule has 0 amide bonds. The molecule has 8 heteroatoms. The lowest BCUT2D eigenvalue weighted by Crippen LogP contribution is -2.53. The second-order valence-corrected chi connectivity index (χ2v) is 7.55. The van der Waals surface area contributed by atoms with Crippen LogP contribution >= 0.6 is 0 Å². The largest absolute Gasteiger partial charge is 0.491 e. The maximum atomic E-state index is 11.1. The number of benzene rings is 1. The first kappa shape index (κ1) is 22.3. The zero-order valence-electron chi connectivity index (χ0n) is 17.9. The van der Waals surface area contributed by atoms with Gasteiger partial charge in [0.15, 0.2) is 0 Å². The maximum Gasteiger partial charge on any atom is 0.134 e. The van der Waals surface area contributed by atoms with Crippen molar-refractivity contribution < 1.29 is 14.6 Å². The van der Waals surface area contributed by atoms with E-state index in [1.165, 1.54) is 0 Å². The molecule has 2 aromatic rings. The summed E-state index contributed by atoms with van der Waals surface area (Å²) in [5.74, 6) is 2.45. The summed E-state index contributed by atoms with van der Waals surface area (Å²) in [7, 11) is 1.84. The molecule has 164 valence electrons. The minimum absolute atomic E-state index is 0.528. The molecule has 0 radical (unpaired) electrons. The van der Waals surface area contributed by atoms with E-state index in [1.54, 1.807) is 6.33 Å². The van der Waals surface area contributed by atoms with Crippen LogP contribution in [0.25, 0.3) is 0 Å². The van der Waals surface area contributed by atoms with Crippen LogP contribution in [0.2, 0.25) is 0 Å². The van der Waals surface area contributed by atoms with Gasteiger partial charge >= 0.3 is 0 Å². The van der Waals surface area contributed by atoms with Crippen molar-refractivity contribution >= 4 is 11.6 Å². The Hall–Kier alpha value is -2.42. The number of nitrogens with one attached hydrogen (secondary N) is 2. The van der Waals surface area contributed by atoms with Crippen molar-refractivity contribution in [3.05, 3.63) is 42.2 Å². The predicted molar refractivity (Wildman–Crippen MR) is 118 cm³/mol. The summed E-state index contributed by atoms with van der Waals surface area (Å²) in [5, 5.41) is 17.5. The number of hydrogen-bond donors (Lipinski definition) is 3. The van der Waals surface area contributed by atoms with Crippen molar-refractivity contribution in [3.63, 3.8) is 0 Å². The van der Waals surface area contributed by atoms with Crippen molar-refractivity contribution in [1.82, 2.24) is 15.3 Å². The molecule has 1 aromatic heterocycles. The van der Waals surface area contributed by atoms with E-state index in [9.17, 15) is 5.11 Å². The molecule has 1 atom stereocenters. The quantitative estimate of drug-likeness (QED) is 0.481. The van der Waals surface area contributed by atoms with Crippen LogP contribution in [0.1, 0.15) is 25.3 Å². The van der Waals surface area contributed by atoms with E-state index in [2.05, 4.69) is 25.5 Å². The van der Waals surface area contributed by atoms with Gasteiger partial charge in [-0.2, -0.15) is 0 Å². The fraction of sp³-hybridized carbons (Fsp3) is 0.545. The van der Waals surface area contributed by atoms with Crippen LogP contribution in [0.4, 0.5) is 11.6 Å². The predicted octanol–water partition coefficient (Wildman–Crippen LogP) is 2.05. The minimum atomic E-state index is -0.786.